The third-order valence-corrected chi connectivity index (χ3v) is 16.5. The average molecular weight is 458 g/mol. The van der Waals surface area contributed by atoms with E-state index in [0.29, 0.717) is 10.5 Å². The quantitative estimate of drug-likeness (QED) is 0.703. The zero-order valence-corrected chi connectivity index (χ0v) is 17.7. The molecule has 0 spiro atoms. The Kier molecular flexibility index (Phi) is 3.63. The molecule has 2 amide bonds. The van der Waals surface area contributed by atoms with Crippen molar-refractivity contribution < 1.29 is 9.59 Å². The Morgan fingerprint density at radius 3 is 2.50 bits per heavy atom. The van der Waals surface area contributed by atoms with E-state index in [2.05, 4.69) is 29.6 Å². The maximum atomic E-state index is 12.2. The fraction of sp³-hybridized carbons (Fsp3) is 0.0500. The first-order chi connectivity index (χ1) is 12.7. The second kappa shape index (κ2) is 5.90. The molecule has 6 heteroatoms. The third kappa shape index (κ3) is 2.24. The van der Waals surface area contributed by atoms with Crippen LogP contribution in [0.4, 0.5) is 4.79 Å². The molecule has 0 aromatic heterocycles. The summed E-state index contributed by atoms with van der Waals surface area (Å²) in [5, 5.41) is 11.1. The Bertz CT molecular complexity index is 1110. The second-order valence-electron chi connectivity index (χ2n) is 6.49. The number of allylic oxidation sites excluding steroid dienone is 3. The van der Waals surface area contributed by atoms with Crippen molar-refractivity contribution >= 4 is 53.2 Å². The predicted molar refractivity (Wildman–Crippen MR) is 102 cm³/mol. The molecule has 2 aromatic rings. The van der Waals surface area contributed by atoms with Crippen molar-refractivity contribution in [1.82, 2.24) is 5.32 Å². The van der Waals surface area contributed by atoms with Crippen molar-refractivity contribution in [3.05, 3.63) is 76.8 Å². The van der Waals surface area contributed by atoms with E-state index in [0.717, 1.165) is 18.2 Å². The van der Waals surface area contributed by atoms with E-state index in [1.165, 1.54) is 26.7 Å². The Morgan fingerprint density at radius 1 is 1.08 bits per heavy atom. The van der Waals surface area contributed by atoms with Crippen LogP contribution in [0.15, 0.2) is 60.1 Å². The Labute approximate surface area is 162 Å². The number of hydrogen-bond donors (Lipinski definition) is 1. The summed E-state index contributed by atoms with van der Waals surface area (Å²) in [6.45, 7) is 0. The Hall–Kier alpha value is -2.23. The number of thioether (sulfide) groups is 1. The van der Waals surface area contributed by atoms with Gasteiger partial charge in [-0.3, -0.25) is 0 Å². The normalized spacial score (nSPS) is 20.0. The summed E-state index contributed by atoms with van der Waals surface area (Å²) in [6.07, 6.45) is 0.869. The van der Waals surface area contributed by atoms with Gasteiger partial charge in [0.1, 0.15) is 0 Å². The first-order valence-corrected chi connectivity index (χ1v) is 14.0. The Balaban J connectivity index is 1.59. The van der Waals surface area contributed by atoms with E-state index in [4.69, 9.17) is 5.26 Å². The topological polar surface area (TPSA) is 70.0 Å². The third-order valence-electron chi connectivity index (χ3n) is 5.11. The number of imide groups is 1. The van der Waals surface area contributed by atoms with Gasteiger partial charge in [0.2, 0.25) is 0 Å². The molecule has 0 atom stereocenters. The van der Waals surface area contributed by atoms with Crippen molar-refractivity contribution in [2.24, 2.45) is 0 Å². The van der Waals surface area contributed by atoms with Gasteiger partial charge in [0.25, 0.3) is 0 Å². The summed E-state index contributed by atoms with van der Waals surface area (Å²) < 4.78 is 4.11. The van der Waals surface area contributed by atoms with E-state index in [9.17, 15) is 9.59 Å². The van der Waals surface area contributed by atoms with Crippen molar-refractivity contribution in [2.45, 2.75) is 6.42 Å². The average Bonchev–Trinajstić information content (AvgIpc) is 3.26. The minimum absolute atomic E-state index is 0.237. The van der Waals surface area contributed by atoms with Gasteiger partial charge in [0.05, 0.1) is 0 Å². The number of hydrogen-bond acceptors (Lipinski definition) is 4. The van der Waals surface area contributed by atoms with Crippen molar-refractivity contribution in [2.75, 3.05) is 0 Å². The molecule has 6 rings (SSSR count). The standard InChI is InChI=1S/C20H11N2O2S.In/c21-13-15-8-6-14(7-9-15)10-11-17(16-4-2-1-3-5-16)12-18-19(23)22-20(24)25-18;/h1-4,6-9H,10H2,(H,22,23,24);. The molecule has 122 valence electrons. The molecule has 1 fully saturated rings. The molecule has 2 aromatic carbocycles. The summed E-state index contributed by atoms with van der Waals surface area (Å²) >= 11 is -1.38. The zero-order valence-electron chi connectivity index (χ0n) is 13.6. The van der Waals surface area contributed by atoms with Gasteiger partial charge in [0.15, 0.2) is 0 Å². The van der Waals surface area contributed by atoms with E-state index >= 15 is 0 Å². The first-order valence-electron chi connectivity index (χ1n) is 8.26. The molecule has 1 saturated heterocycles. The number of rotatable bonds is 2. The van der Waals surface area contributed by atoms with E-state index in [-0.39, 0.29) is 11.1 Å². The van der Waals surface area contributed by atoms with Crippen molar-refractivity contribution in [3.8, 4) is 6.07 Å². The van der Waals surface area contributed by atoms with E-state index in [1.54, 1.807) is 0 Å². The molecular weight excluding hydrogens is 447 g/mol. The summed E-state index contributed by atoms with van der Waals surface area (Å²) in [7, 11) is 0. The molecule has 1 N–H and O–H groups in total. The van der Waals surface area contributed by atoms with E-state index in [1.807, 2.05) is 30.3 Å². The van der Waals surface area contributed by atoms with Crippen LogP contribution in [0.2, 0.25) is 0 Å². The van der Waals surface area contributed by atoms with Gasteiger partial charge in [-0.1, -0.05) is 0 Å². The van der Waals surface area contributed by atoms with Crippen molar-refractivity contribution in [1.29, 1.82) is 5.26 Å². The number of amides is 2. The summed E-state index contributed by atoms with van der Waals surface area (Å²) in [5.74, 6) is -0.237. The van der Waals surface area contributed by atoms with Crippen LogP contribution in [0.1, 0.15) is 16.7 Å². The van der Waals surface area contributed by atoms with Gasteiger partial charge in [-0.05, 0) is 0 Å². The molecule has 0 unspecified atom stereocenters. The number of nitrogens with one attached hydrogen (secondary N) is 1. The summed E-state index contributed by atoms with van der Waals surface area (Å²) in [6, 6.07) is 18.3. The first kappa shape index (κ1) is 16.0. The van der Waals surface area contributed by atoms with E-state index < -0.39 is 21.4 Å². The second-order valence-corrected chi connectivity index (χ2v) is 15.4. The van der Waals surface area contributed by atoms with Gasteiger partial charge in [-0.2, -0.15) is 0 Å². The molecule has 0 radical (unpaired) electrons. The van der Waals surface area contributed by atoms with Gasteiger partial charge >= 0.3 is 163 Å². The number of nitrogens with zero attached hydrogens (tertiary/aromatic N) is 1. The van der Waals surface area contributed by atoms with Crippen LogP contribution >= 0.6 is 11.8 Å². The molecule has 4 aliphatic heterocycles. The summed E-state index contributed by atoms with van der Waals surface area (Å²) in [5.41, 5.74) is 4.31. The molecule has 26 heavy (non-hydrogen) atoms. The van der Waals surface area contributed by atoms with Gasteiger partial charge in [0, 0.05) is 0 Å². The fourth-order valence-electron chi connectivity index (χ4n) is 4.04. The summed E-state index contributed by atoms with van der Waals surface area (Å²) in [4.78, 5) is 24.5. The van der Waals surface area contributed by atoms with Crippen LogP contribution < -0.4 is 8.64 Å². The van der Waals surface area contributed by atoms with Crippen LogP contribution in [0.5, 0.6) is 0 Å². The Morgan fingerprint density at radius 2 is 1.85 bits per heavy atom. The maximum absolute atomic E-state index is 12.2. The van der Waals surface area contributed by atoms with Crippen LogP contribution in [-0.4, -0.2) is 32.6 Å². The van der Waals surface area contributed by atoms with Crippen LogP contribution in [0, 0.1) is 11.3 Å². The molecule has 4 nitrogen and oxygen atoms in total. The minimum atomic E-state index is -2.43. The van der Waals surface area contributed by atoms with Gasteiger partial charge in [-0.25, -0.2) is 0 Å². The number of carbonyl (C=O) groups excluding carboxylic acids is 2. The molecule has 4 heterocycles. The monoisotopic (exact) mass is 458 g/mol. The molecule has 4 aliphatic rings. The molecule has 2 bridgehead atoms. The zero-order chi connectivity index (χ0) is 17.8. The number of nitriles is 1. The number of carbonyl (C=O) groups is 2. The van der Waals surface area contributed by atoms with Crippen LogP contribution in [-0.2, 0) is 11.2 Å². The molecule has 0 aliphatic carbocycles. The predicted octanol–water partition coefficient (Wildman–Crippen LogP) is 2.60. The fourth-order valence-corrected chi connectivity index (χ4v) is 16.6. The van der Waals surface area contributed by atoms with Crippen LogP contribution in [0.25, 0.3) is 5.57 Å². The van der Waals surface area contributed by atoms with Crippen LogP contribution in [0.3, 0.4) is 0 Å². The SMILES string of the molecule is N#Cc1ccc(C[C]2=C3/[C](=C4/SC(=O)NC4=O)[In]2[c]2ccccc23)cc1. The molecule has 0 saturated carbocycles. The van der Waals surface area contributed by atoms with Crippen molar-refractivity contribution in [3.63, 3.8) is 0 Å². The molecular formula is C20H11InN2O2S. The number of benzene rings is 2. The van der Waals surface area contributed by atoms with Gasteiger partial charge in [-0.15, -0.1) is 0 Å². The van der Waals surface area contributed by atoms with Gasteiger partial charge < -0.3 is 0 Å².